The van der Waals surface area contributed by atoms with Gasteiger partial charge < -0.3 is 15.2 Å². The van der Waals surface area contributed by atoms with Crippen LogP contribution in [-0.4, -0.2) is 42.3 Å². The SMILES string of the molecule is CC(C)[C@@H](CC(=O)NOCC(=O)O)NC(=O)OCC1c2ccccc2-c2ccccc21. The lowest BCUT2D eigenvalue weighted by atomic mass is 9.98. The Morgan fingerprint density at radius 1 is 1.00 bits per heavy atom. The molecule has 31 heavy (non-hydrogen) atoms. The third-order valence-corrected chi connectivity index (χ3v) is 5.24. The number of alkyl carbamates (subject to hydrolysis) is 1. The van der Waals surface area contributed by atoms with E-state index in [-0.39, 0.29) is 24.9 Å². The molecule has 3 rings (SSSR count). The molecule has 0 saturated carbocycles. The molecule has 0 unspecified atom stereocenters. The highest BCUT2D eigenvalue weighted by molar-refractivity contribution is 5.79. The molecule has 1 aliphatic rings. The van der Waals surface area contributed by atoms with Crippen LogP contribution < -0.4 is 10.8 Å². The number of fused-ring (bicyclic) bond motifs is 3. The van der Waals surface area contributed by atoms with E-state index in [4.69, 9.17) is 9.84 Å². The number of carboxylic acid groups (broad SMARTS) is 1. The molecule has 1 aliphatic carbocycles. The van der Waals surface area contributed by atoms with Gasteiger partial charge in [-0.1, -0.05) is 62.4 Å². The lowest BCUT2D eigenvalue weighted by molar-refractivity contribution is -0.149. The predicted octanol–water partition coefficient (Wildman–Crippen LogP) is 3.07. The van der Waals surface area contributed by atoms with Crippen molar-refractivity contribution >= 4 is 18.0 Å². The molecule has 3 N–H and O–H groups in total. The molecule has 0 heterocycles. The third kappa shape index (κ3) is 5.61. The van der Waals surface area contributed by atoms with Crippen LogP contribution in [0.4, 0.5) is 4.79 Å². The second-order valence-corrected chi connectivity index (χ2v) is 7.73. The number of rotatable bonds is 9. The molecule has 2 amide bonds. The largest absolute Gasteiger partial charge is 0.479 e. The van der Waals surface area contributed by atoms with E-state index in [2.05, 4.69) is 27.8 Å². The molecule has 2 aromatic rings. The summed E-state index contributed by atoms with van der Waals surface area (Å²) < 4.78 is 5.52. The molecule has 0 spiro atoms. The van der Waals surface area contributed by atoms with Crippen LogP contribution in [0, 0.1) is 5.92 Å². The lowest BCUT2D eigenvalue weighted by Gasteiger charge is -2.22. The minimum atomic E-state index is -1.20. The van der Waals surface area contributed by atoms with Gasteiger partial charge >= 0.3 is 12.1 Å². The summed E-state index contributed by atoms with van der Waals surface area (Å²) in [6.45, 7) is 3.26. The van der Waals surface area contributed by atoms with E-state index < -0.39 is 30.6 Å². The number of ether oxygens (including phenoxy) is 1. The fourth-order valence-corrected chi connectivity index (χ4v) is 3.66. The summed E-state index contributed by atoms with van der Waals surface area (Å²) in [5.74, 6) is -1.83. The molecule has 164 valence electrons. The molecule has 1 atom stereocenters. The quantitative estimate of drug-likeness (QED) is 0.531. The van der Waals surface area contributed by atoms with Gasteiger partial charge in [-0.05, 0) is 28.2 Å². The first kappa shape index (κ1) is 22.3. The van der Waals surface area contributed by atoms with Crippen molar-refractivity contribution in [3.05, 3.63) is 59.7 Å². The summed E-state index contributed by atoms with van der Waals surface area (Å²) in [5, 5.41) is 11.3. The number of hydrogen-bond acceptors (Lipinski definition) is 5. The molecule has 8 heteroatoms. The topological polar surface area (TPSA) is 114 Å². The number of carbonyl (C=O) groups excluding carboxylic acids is 2. The second kappa shape index (κ2) is 10.1. The summed E-state index contributed by atoms with van der Waals surface area (Å²) in [6, 6.07) is 15.6. The summed E-state index contributed by atoms with van der Waals surface area (Å²) in [7, 11) is 0. The maximum Gasteiger partial charge on any atom is 0.407 e. The van der Waals surface area contributed by atoms with Crippen molar-refractivity contribution in [3.8, 4) is 11.1 Å². The van der Waals surface area contributed by atoms with Gasteiger partial charge in [0.25, 0.3) is 0 Å². The molecule has 0 radical (unpaired) electrons. The Morgan fingerprint density at radius 2 is 1.58 bits per heavy atom. The number of benzene rings is 2. The maximum atomic E-state index is 12.4. The van der Waals surface area contributed by atoms with E-state index in [0.29, 0.717) is 0 Å². The van der Waals surface area contributed by atoms with Gasteiger partial charge in [-0.25, -0.2) is 15.1 Å². The van der Waals surface area contributed by atoms with Crippen LogP contribution >= 0.6 is 0 Å². The second-order valence-electron chi connectivity index (χ2n) is 7.73. The number of amides is 2. The minimum absolute atomic E-state index is 0.0503. The first-order chi connectivity index (χ1) is 14.9. The molecule has 0 aromatic heterocycles. The Morgan fingerprint density at radius 3 is 2.13 bits per heavy atom. The first-order valence-electron chi connectivity index (χ1n) is 10.1. The Hall–Kier alpha value is -3.39. The van der Waals surface area contributed by atoms with E-state index >= 15 is 0 Å². The third-order valence-electron chi connectivity index (χ3n) is 5.24. The van der Waals surface area contributed by atoms with Crippen molar-refractivity contribution in [2.45, 2.75) is 32.2 Å². The highest BCUT2D eigenvalue weighted by Gasteiger charge is 2.29. The predicted molar refractivity (Wildman–Crippen MR) is 113 cm³/mol. The first-order valence-corrected chi connectivity index (χ1v) is 10.1. The van der Waals surface area contributed by atoms with E-state index in [0.717, 1.165) is 22.3 Å². The van der Waals surface area contributed by atoms with Crippen molar-refractivity contribution in [2.75, 3.05) is 13.2 Å². The molecule has 0 bridgehead atoms. The van der Waals surface area contributed by atoms with Crippen LogP contribution in [0.5, 0.6) is 0 Å². The average molecular weight is 426 g/mol. The zero-order valence-electron chi connectivity index (χ0n) is 17.5. The number of hydrogen-bond donors (Lipinski definition) is 3. The van der Waals surface area contributed by atoms with Crippen molar-refractivity contribution in [1.29, 1.82) is 0 Å². The van der Waals surface area contributed by atoms with Crippen LogP contribution in [0.2, 0.25) is 0 Å². The Balaban J connectivity index is 1.57. The van der Waals surface area contributed by atoms with Gasteiger partial charge in [-0.3, -0.25) is 9.63 Å². The van der Waals surface area contributed by atoms with E-state index in [1.165, 1.54) is 0 Å². The smallest absolute Gasteiger partial charge is 0.407 e. The minimum Gasteiger partial charge on any atom is -0.479 e. The average Bonchev–Trinajstić information content (AvgIpc) is 3.05. The van der Waals surface area contributed by atoms with Crippen LogP contribution in [0.15, 0.2) is 48.5 Å². The molecular formula is C23H26N2O6. The van der Waals surface area contributed by atoms with Crippen LogP contribution in [-0.2, 0) is 19.2 Å². The van der Waals surface area contributed by atoms with Gasteiger partial charge in [0.2, 0.25) is 5.91 Å². The Bertz CT molecular complexity index is 913. The molecule has 8 nitrogen and oxygen atoms in total. The normalized spacial score (nSPS) is 13.3. The van der Waals surface area contributed by atoms with Crippen molar-refractivity contribution in [3.63, 3.8) is 0 Å². The summed E-state index contributed by atoms with van der Waals surface area (Å²) in [4.78, 5) is 39.4. The highest BCUT2D eigenvalue weighted by atomic mass is 16.7. The highest BCUT2D eigenvalue weighted by Crippen LogP contribution is 2.44. The lowest BCUT2D eigenvalue weighted by Crippen LogP contribution is -2.43. The van der Waals surface area contributed by atoms with Gasteiger partial charge in [0.15, 0.2) is 6.61 Å². The number of carbonyl (C=O) groups is 3. The number of aliphatic carboxylic acids is 1. The number of nitrogens with one attached hydrogen (secondary N) is 2. The molecule has 0 aliphatic heterocycles. The van der Waals surface area contributed by atoms with Gasteiger partial charge in [0.1, 0.15) is 6.61 Å². The molecule has 2 aromatic carbocycles. The fraction of sp³-hybridized carbons (Fsp3) is 0.348. The van der Waals surface area contributed by atoms with Gasteiger partial charge in [0, 0.05) is 18.4 Å². The standard InChI is InChI=1S/C23H26N2O6/c1-14(2)20(11-21(26)25-31-13-22(27)28)24-23(29)30-12-19-17-9-5-3-7-15(17)16-8-4-6-10-18(16)19/h3-10,14,19-20H,11-13H2,1-2H3,(H,24,29)(H,25,26)(H,27,28)/t20-/m1/s1. The van der Waals surface area contributed by atoms with Crippen LogP contribution in [0.3, 0.4) is 0 Å². The molecule has 0 fully saturated rings. The van der Waals surface area contributed by atoms with Crippen LogP contribution in [0.1, 0.15) is 37.3 Å². The van der Waals surface area contributed by atoms with Gasteiger partial charge in [-0.2, -0.15) is 0 Å². The summed E-state index contributed by atoms with van der Waals surface area (Å²) >= 11 is 0. The summed E-state index contributed by atoms with van der Waals surface area (Å²) in [5.41, 5.74) is 6.58. The van der Waals surface area contributed by atoms with E-state index in [9.17, 15) is 14.4 Å². The Labute approximate surface area is 180 Å². The van der Waals surface area contributed by atoms with E-state index in [1.54, 1.807) is 0 Å². The maximum absolute atomic E-state index is 12.4. The van der Waals surface area contributed by atoms with Gasteiger partial charge in [-0.15, -0.1) is 0 Å². The van der Waals surface area contributed by atoms with Crippen molar-refractivity contribution in [1.82, 2.24) is 10.8 Å². The number of carboxylic acids is 1. The zero-order chi connectivity index (χ0) is 22.4. The zero-order valence-corrected chi connectivity index (χ0v) is 17.5. The van der Waals surface area contributed by atoms with Gasteiger partial charge in [0.05, 0.1) is 0 Å². The summed E-state index contributed by atoms with van der Waals surface area (Å²) in [6.07, 6.45) is -0.679. The van der Waals surface area contributed by atoms with Crippen LogP contribution in [0.25, 0.3) is 11.1 Å². The molecule has 0 saturated heterocycles. The molecular weight excluding hydrogens is 400 g/mol. The van der Waals surface area contributed by atoms with Crippen molar-refractivity contribution < 1.29 is 29.1 Å². The number of hydroxylamine groups is 1. The Kier molecular flexibility index (Phi) is 7.25. The fourth-order valence-electron chi connectivity index (χ4n) is 3.66. The van der Waals surface area contributed by atoms with E-state index in [1.807, 2.05) is 50.2 Å². The monoisotopic (exact) mass is 426 g/mol. The van der Waals surface area contributed by atoms with Crippen molar-refractivity contribution in [2.24, 2.45) is 5.92 Å².